The summed E-state index contributed by atoms with van der Waals surface area (Å²) in [5, 5.41) is 2.23. The fourth-order valence-electron chi connectivity index (χ4n) is 2.95. The van der Waals surface area contributed by atoms with E-state index < -0.39 is 17.8 Å². The number of methoxy groups -OCH3 is 2. The number of anilines is 1. The Bertz CT molecular complexity index is 1010. The number of amides is 4. The second kappa shape index (κ2) is 7.56. The predicted molar refractivity (Wildman–Crippen MR) is 104 cm³/mol. The van der Waals surface area contributed by atoms with E-state index in [4.69, 9.17) is 9.47 Å². The summed E-state index contributed by atoms with van der Waals surface area (Å²) in [6, 6.07) is 9.67. The summed E-state index contributed by atoms with van der Waals surface area (Å²) in [6.45, 7) is 3.66. The topological polar surface area (TPSA) is 84.9 Å². The first-order valence-corrected chi connectivity index (χ1v) is 8.56. The van der Waals surface area contributed by atoms with Gasteiger partial charge in [-0.1, -0.05) is 18.2 Å². The SMILES string of the molecule is COc1ccc(/C=C2\C(=O)NC(=O)N(c3cc(C)ccc3C)C2=O)cc1OC. The van der Waals surface area contributed by atoms with Gasteiger partial charge in [-0.05, 0) is 54.8 Å². The molecule has 0 radical (unpaired) electrons. The molecule has 2 aromatic rings. The van der Waals surface area contributed by atoms with E-state index in [1.807, 2.05) is 19.1 Å². The third-order valence-corrected chi connectivity index (χ3v) is 4.43. The molecule has 0 unspecified atom stereocenters. The van der Waals surface area contributed by atoms with Crippen LogP contribution in [0, 0.1) is 13.8 Å². The smallest absolute Gasteiger partial charge is 0.335 e. The lowest BCUT2D eigenvalue weighted by atomic mass is 10.0. The van der Waals surface area contributed by atoms with Crippen LogP contribution >= 0.6 is 0 Å². The summed E-state index contributed by atoms with van der Waals surface area (Å²) >= 11 is 0. The Hall–Kier alpha value is -3.61. The number of aryl methyl sites for hydroxylation is 2. The number of nitrogens with zero attached hydrogens (tertiary/aromatic N) is 1. The molecule has 0 spiro atoms. The highest BCUT2D eigenvalue weighted by molar-refractivity contribution is 6.39. The molecule has 3 rings (SSSR count). The fraction of sp³-hybridized carbons (Fsp3) is 0.190. The van der Waals surface area contributed by atoms with Crippen LogP contribution in [0.5, 0.6) is 11.5 Å². The van der Waals surface area contributed by atoms with E-state index in [0.717, 1.165) is 16.0 Å². The van der Waals surface area contributed by atoms with E-state index in [1.165, 1.54) is 20.3 Å². The van der Waals surface area contributed by atoms with E-state index in [-0.39, 0.29) is 5.57 Å². The van der Waals surface area contributed by atoms with E-state index in [2.05, 4.69) is 5.32 Å². The number of carbonyl (C=O) groups is 3. The minimum Gasteiger partial charge on any atom is -0.493 e. The third kappa shape index (κ3) is 3.46. The van der Waals surface area contributed by atoms with Crippen molar-refractivity contribution >= 4 is 29.6 Å². The van der Waals surface area contributed by atoms with Gasteiger partial charge in [0, 0.05) is 0 Å². The molecule has 0 aromatic heterocycles. The van der Waals surface area contributed by atoms with Crippen LogP contribution in [0.15, 0.2) is 42.0 Å². The molecule has 0 saturated carbocycles. The zero-order valence-corrected chi connectivity index (χ0v) is 16.0. The van der Waals surface area contributed by atoms with E-state index in [0.29, 0.717) is 22.7 Å². The Morgan fingerprint density at radius 2 is 1.64 bits per heavy atom. The van der Waals surface area contributed by atoms with Crippen molar-refractivity contribution in [2.45, 2.75) is 13.8 Å². The van der Waals surface area contributed by atoms with Crippen LogP contribution in [0.2, 0.25) is 0 Å². The standard InChI is InChI=1S/C21H20N2O5/c1-12-5-6-13(2)16(9-12)23-20(25)15(19(24)22-21(23)26)10-14-7-8-17(27-3)18(11-14)28-4/h5-11H,1-4H3,(H,22,24,26)/b15-10+. The molecule has 7 heteroatoms. The Labute approximate surface area is 162 Å². The molecule has 0 aliphatic carbocycles. The van der Waals surface area contributed by atoms with Crippen molar-refractivity contribution in [3.05, 3.63) is 58.7 Å². The fourth-order valence-corrected chi connectivity index (χ4v) is 2.95. The van der Waals surface area contributed by atoms with E-state index >= 15 is 0 Å². The van der Waals surface area contributed by atoms with Crippen LogP contribution < -0.4 is 19.7 Å². The lowest BCUT2D eigenvalue weighted by Crippen LogP contribution is -2.54. The van der Waals surface area contributed by atoms with Gasteiger partial charge >= 0.3 is 6.03 Å². The molecule has 2 aromatic carbocycles. The van der Waals surface area contributed by atoms with Gasteiger partial charge in [0.25, 0.3) is 11.8 Å². The number of rotatable bonds is 4. The number of ether oxygens (including phenoxy) is 2. The van der Waals surface area contributed by atoms with Crippen molar-refractivity contribution in [1.29, 1.82) is 0 Å². The maximum atomic E-state index is 13.0. The average Bonchev–Trinajstić information content (AvgIpc) is 2.67. The highest BCUT2D eigenvalue weighted by atomic mass is 16.5. The van der Waals surface area contributed by atoms with Crippen LogP contribution in [-0.2, 0) is 9.59 Å². The zero-order valence-electron chi connectivity index (χ0n) is 16.0. The first-order valence-electron chi connectivity index (χ1n) is 8.56. The largest absolute Gasteiger partial charge is 0.493 e. The number of barbiturate groups is 1. The van der Waals surface area contributed by atoms with Crippen molar-refractivity contribution in [2.75, 3.05) is 19.1 Å². The molecular formula is C21H20N2O5. The molecule has 28 heavy (non-hydrogen) atoms. The molecule has 1 fully saturated rings. The Morgan fingerprint density at radius 3 is 2.32 bits per heavy atom. The van der Waals surface area contributed by atoms with Gasteiger partial charge in [0.15, 0.2) is 11.5 Å². The van der Waals surface area contributed by atoms with Gasteiger partial charge < -0.3 is 9.47 Å². The Morgan fingerprint density at radius 1 is 0.929 bits per heavy atom. The Balaban J connectivity index is 2.05. The molecular weight excluding hydrogens is 360 g/mol. The van der Waals surface area contributed by atoms with Crippen LogP contribution in [0.3, 0.4) is 0 Å². The summed E-state index contributed by atoms with van der Waals surface area (Å²) < 4.78 is 10.4. The van der Waals surface area contributed by atoms with E-state index in [9.17, 15) is 14.4 Å². The molecule has 1 aliphatic rings. The zero-order chi connectivity index (χ0) is 20.4. The summed E-state index contributed by atoms with van der Waals surface area (Å²) in [5.74, 6) is -0.442. The number of imide groups is 2. The van der Waals surface area contributed by atoms with Crippen LogP contribution in [0.25, 0.3) is 6.08 Å². The van der Waals surface area contributed by atoms with E-state index in [1.54, 1.807) is 31.2 Å². The van der Waals surface area contributed by atoms with Crippen molar-refractivity contribution in [3.63, 3.8) is 0 Å². The quantitative estimate of drug-likeness (QED) is 0.651. The maximum absolute atomic E-state index is 13.0. The number of hydrogen-bond acceptors (Lipinski definition) is 5. The van der Waals surface area contributed by atoms with Crippen LogP contribution in [0.4, 0.5) is 10.5 Å². The summed E-state index contributed by atoms with van der Waals surface area (Å²) in [4.78, 5) is 38.7. The number of nitrogens with one attached hydrogen (secondary N) is 1. The van der Waals surface area contributed by atoms with Crippen molar-refractivity contribution < 1.29 is 23.9 Å². The van der Waals surface area contributed by atoms with Gasteiger partial charge in [-0.25, -0.2) is 9.69 Å². The number of benzene rings is 2. The summed E-state index contributed by atoms with van der Waals surface area (Å²) in [5.41, 5.74) is 2.49. The van der Waals surface area contributed by atoms with Crippen LogP contribution in [0.1, 0.15) is 16.7 Å². The highest BCUT2D eigenvalue weighted by Gasteiger charge is 2.37. The third-order valence-electron chi connectivity index (χ3n) is 4.43. The molecule has 1 N–H and O–H groups in total. The second-order valence-corrected chi connectivity index (χ2v) is 6.36. The van der Waals surface area contributed by atoms with Crippen LogP contribution in [-0.4, -0.2) is 32.1 Å². The average molecular weight is 380 g/mol. The second-order valence-electron chi connectivity index (χ2n) is 6.36. The predicted octanol–water partition coefficient (Wildman–Crippen LogP) is 2.99. The first-order chi connectivity index (χ1) is 13.3. The van der Waals surface area contributed by atoms with Gasteiger partial charge in [0.1, 0.15) is 5.57 Å². The summed E-state index contributed by atoms with van der Waals surface area (Å²) in [6.07, 6.45) is 1.42. The molecule has 1 heterocycles. The molecule has 1 aliphatic heterocycles. The Kier molecular flexibility index (Phi) is 5.17. The number of hydrogen-bond donors (Lipinski definition) is 1. The van der Waals surface area contributed by atoms with Crippen molar-refractivity contribution in [3.8, 4) is 11.5 Å². The minimum atomic E-state index is -0.770. The summed E-state index contributed by atoms with van der Waals surface area (Å²) in [7, 11) is 3.01. The van der Waals surface area contributed by atoms with Gasteiger partial charge in [0.2, 0.25) is 0 Å². The molecule has 0 bridgehead atoms. The lowest BCUT2D eigenvalue weighted by Gasteiger charge is -2.27. The van der Waals surface area contributed by atoms with Gasteiger partial charge in [-0.3, -0.25) is 14.9 Å². The molecule has 144 valence electrons. The van der Waals surface area contributed by atoms with Crippen molar-refractivity contribution in [1.82, 2.24) is 5.32 Å². The molecule has 0 atom stereocenters. The van der Waals surface area contributed by atoms with Gasteiger partial charge in [-0.2, -0.15) is 0 Å². The molecule has 7 nitrogen and oxygen atoms in total. The molecule has 1 saturated heterocycles. The normalized spacial score (nSPS) is 15.6. The molecule has 4 amide bonds. The maximum Gasteiger partial charge on any atom is 0.335 e. The van der Waals surface area contributed by atoms with Gasteiger partial charge in [0.05, 0.1) is 19.9 Å². The lowest BCUT2D eigenvalue weighted by molar-refractivity contribution is -0.122. The highest BCUT2D eigenvalue weighted by Crippen LogP contribution is 2.30. The number of urea groups is 1. The number of carbonyl (C=O) groups excluding carboxylic acids is 3. The monoisotopic (exact) mass is 380 g/mol. The van der Waals surface area contributed by atoms with Gasteiger partial charge in [-0.15, -0.1) is 0 Å². The van der Waals surface area contributed by atoms with Crippen molar-refractivity contribution in [2.24, 2.45) is 0 Å². The minimum absolute atomic E-state index is 0.146. The first kappa shape index (κ1) is 19.2.